The number of carbonyl (C=O) groups is 3. The fourth-order valence-corrected chi connectivity index (χ4v) is 5.12. The average molecular weight is 541 g/mol. The Morgan fingerprint density at radius 1 is 1.11 bits per heavy atom. The number of aromatic nitrogens is 1. The average Bonchev–Trinajstić information content (AvgIpc) is 3.29. The lowest BCUT2D eigenvalue weighted by molar-refractivity contribution is -0.123. The van der Waals surface area contributed by atoms with E-state index in [-0.39, 0.29) is 17.5 Å². The van der Waals surface area contributed by atoms with Gasteiger partial charge in [-0.25, -0.2) is 9.18 Å². The number of halogens is 2. The van der Waals surface area contributed by atoms with Gasteiger partial charge in [-0.1, -0.05) is 31.0 Å². The van der Waals surface area contributed by atoms with Gasteiger partial charge in [0.15, 0.2) is 0 Å². The van der Waals surface area contributed by atoms with E-state index in [0.717, 1.165) is 58.2 Å². The molecular formula is C28H26ClFN2O4S. The van der Waals surface area contributed by atoms with Crippen molar-refractivity contribution >= 4 is 46.6 Å². The monoisotopic (exact) mass is 540 g/mol. The van der Waals surface area contributed by atoms with Crippen molar-refractivity contribution in [3.63, 3.8) is 0 Å². The highest BCUT2D eigenvalue weighted by molar-refractivity contribution is 8.18. The first-order valence-electron chi connectivity index (χ1n) is 11.9. The van der Waals surface area contributed by atoms with Gasteiger partial charge in [0.1, 0.15) is 5.82 Å². The third kappa shape index (κ3) is 5.81. The van der Waals surface area contributed by atoms with Crippen LogP contribution in [0.4, 0.5) is 9.18 Å². The molecule has 0 radical (unpaired) electrons. The third-order valence-corrected chi connectivity index (χ3v) is 7.33. The molecule has 2 aromatic carbocycles. The number of carbonyl (C=O) groups excluding carboxylic acids is 3. The van der Waals surface area contributed by atoms with E-state index >= 15 is 0 Å². The Morgan fingerprint density at radius 2 is 1.84 bits per heavy atom. The molecule has 0 aliphatic carbocycles. The molecule has 0 spiro atoms. The number of rotatable bonds is 8. The highest BCUT2D eigenvalue weighted by atomic mass is 35.5. The summed E-state index contributed by atoms with van der Waals surface area (Å²) in [5, 5.41) is -0.251. The van der Waals surface area contributed by atoms with Crippen LogP contribution in [-0.4, -0.2) is 33.2 Å². The van der Waals surface area contributed by atoms with E-state index in [1.807, 2.05) is 43.5 Å². The molecule has 0 saturated carbocycles. The Hall–Kier alpha value is -3.36. The molecule has 0 unspecified atom stereocenters. The Morgan fingerprint density at radius 3 is 2.51 bits per heavy atom. The van der Waals surface area contributed by atoms with Gasteiger partial charge < -0.3 is 9.30 Å². The SMILES string of the molecule is CCCCOC(=O)c1ccc(-n2c(C)cc(/C=C3\SC(=O)N(Cc4ccc(F)cc4Cl)C3=O)c2C)cc1. The molecule has 3 aromatic rings. The summed E-state index contributed by atoms with van der Waals surface area (Å²) >= 11 is 6.94. The Bertz CT molecular complexity index is 1400. The summed E-state index contributed by atoms with van der Waals surface area (Å²) < 4.78 is 20.6. The summed E-state index contributed by atoms with van der Waals surface area (Å²) in [6, 6.07) is 13.0. The number of ether oxygens (including phenoxy) is 1. The van der Waals surface area contributed by atoms with Gasteiger partial charge in [0.05, 0.1) is 23.6 Å². The van der Waals surface area contributed by atoms with Crippen LogP contribution < -0.4 is 0 Å². The zero-order valence-electron chi connectivity index (χ0n) is 20.7. The first-order valence-corrected chi connectivity index (χ1v) is 13.0. The number of thioether (sulfide) groups is 1. The number of nitrogens with zero attached hydrogens (tertiary/aromatic N) is 2. The predicted molar refractivity (Wildman–Crippen MR) is 143 cm³/mol. The van der Waals surface area contributed by atoms with Crippen LogP contribution in [0.3, 0.4) is 0 Å². The maximum atomic E-state index is 13.4. The van der Waals surface area contributed by atoms with Crippen LogP contribution in [0.1, 0.15) is 52.6 Å². The van der Waals surface area contributed by atoms with E-state index in [9.17, 15) is 18.8 Å². The second-order valence-electron chi connectivity index (χ2n) is 8.70. The van der Waals surface area contributed by atoms with Crippen molar-refractivity contribution in [2.45, 2.75) is 40.2 Å². The molecule has 0 atom stereocenters. The molecule has 1 aliphatic heterocycles. The van der Waals surface area contributed by atoms with Crippen LogP contribution >= 0.6 is 23.4 Å². The minimum absolute atomic E-state index is 0.0344. The number of hydrogen-bond acceptors (Lipinski definition) is 5. The normalized spacial score (nSPS) is 14.6. The van der Waals surface area contributed by atoms with Gasteiger partial charge in [0.25, 0.3) is 11.1 Å². The largest absolute Gasteiger partial charge is 0.462 e. The number of imide groups is 1. The number of amides is 2. The molecule has 1 aromatic heterocycles. The van der Waals surface area contributed by atoms with Gasteiger partial charge in [-0.2, -0.15) is 0 Å². The van der Waals surface area contributed by atoms with Crippen LogP contribution in [0.15, 0.2) is 53.4 Å². The molecule has 4 rings (SSSR count). The van der Waals surface area contributed by atoms with E-state index in [1.165, 1.54) is 12.1 Å². The van der Waals surface area contributed by atoms with Gasteiger partial charge in [-0.15, -0.1) is 0 Å². The second-order valence-corrected chi connectivity index (χ2v) is 10.1. The second kappa shape index (κ2) is 11.4. The lowest BCUT2D eigenvalue weighted by Gasteiger charge is -2.13. The molecule has 6 nitrogen and oxygen atoms in total. The van der Waals surface area contributed by atoms with Gasteiger partial charge in [-0.3, -0.25) is 14.5 Å². The summed E-state index contributed by atoms with van der Waals surface area (Å²) in [6.45, 7) is 6.27. The molecule has 0 bridgehead atoms. The maximum absolute atomic E-state index is 13.4. The first kappa shape index (κ1) is 26.7. The van der Waals surface area contributed by atoms with E-state index in [4.69, 9.17) is 16.3 Å². The van der Waals surface area contributed by atoms with Crippen molar-refractivity contribution in [3.05, 3.63) is 92.4 Å². The smallest absolute Gasteiger partial charge is 0.338 e. The highest BCUT2D eigenvalue weighted by Gasteiger charge is 2.35. The molecule has 1 aliphatic rings. The third-order valence-electron chi connectivity index (χ3n) is 6.07. The molecular weight excluding hydrogens is 515 g/mol. The minimum Gasteiger partial charge on any atom is -0.462 e. The minimum atomic E-state index is -0.486. The summed E-state index contributed by atoms with van der Waals surface area (Å²) in [6.07, 6.45) is 3.49. The molecule has 2 heterocycles. The number of esters is 1. The van der Waals surface area contributed by atoms with E-state index in [0.29, 0.717) is 22.6 Å². The van der Waals surface area contributed by atoms with Crippen LogP contribution in [0.5, 0.6) is 0 Å². The van der Waals surface area contributed by atoms with Crippen LogP contribution in [0.25, 0.3) is 11.8 Å². The predicted octanol–water partition coefficient (Wildman–Crippen LogP) is 7.08. The Kier molecular flexibility index (Phi) is 8.19. The Labute approximate surface area is 224 Å². The van der Waals surface area contributed by atoms with Gasteiger partial charge >= 0.3 is 5.97 Å². The molecule has 1 fully saturated rings. The van der Waals surface area contributed by atoms with Crippen molar-refractivity contribution in [1.82, 2.24) is 9.47 Å². The van der Waals surface area contributed by atoms with Crippen molar-refractivity contribution in [1.29, 1.82) is 0 Å². The molecule has 1 saturated heterocycles. The summed E-state index contributed by atoms with van der Waals surface area (Å²) in [5.74, 6) is -1.26. The fraction of sp³-hybridized carbons (Fsp3) is 0.250. The lowest BCUT2D eigenvalue weighted by atomic mass is 10.2. The van der Waals surface area contributed by atoms with Crippen LogP contribution in [-0.2, 0) is 16.1 Å². The van der Waals surface area contributed by atoms with E-state index < -0.39 is 17.0 Å². The zero-order valence-corrected chi connectivity index (χ0v) is 22.3. The Balaban J connectivity index is 1.54. The molecule has 9 heteroatoms. The summed E-state index contributed by atoms with van der Waals surface area (Å²) in [7, 11) is 0. The van der Waals surface area contributed by atoms with Gasteiger partial charge in [-0.05, 0) is 91.7 Å². The quantitative estimate of drug-likeness (QED) is 0.173. The van der Waals surface area contributed by atoms with E-state index in [1.54, 1.807) is 18.2 Å². The number of unbranched alkanes of at least 4 members (excludes halogenated alkanes) is 1. The zero-order chi connectivity index (χ0) is 26.7. The lowest BCUT2D eigenvalue weighted by Crippen LogP contribution is -2.27. The molecule has 2 amide bonds. The van der Waals surface area contributed by atoms with E-state index in [2.05, 4.69) is 0 Å². The van der Waals surface area contributed by atoms with Gasteiger partial charge in [0.2, 0.25) is 0 Å². The highest BCUT2D eigenvalue weighted by Crippen LogP contribution is 2.35. The van der Waals surface area contributed by atoms with Crippen molar-refractivity contribution in [2.24, 2.45) is 0 Å². The van der Waals surface area contributed by atoms with Crippen LogP contribution in [0.2, 0.25) is 5.02 Å². The maximum Gasteiger partial charge on any atom is 0.338 e. The first-order chi connectivity index (χ1) is 17.7. The molecule has 0 N–H and O–H groups in total. The number of hydrogen-bond donors (Lipinski definition) is 0. The summed E-state index contributed by atoms with van der Waals surface area (Å²) in [5.41, 5.74) is 4.44. The molecule has 192 valence electrons. The van der Waals surface area contributed by atoms with Gasteiger partial charge in [0, 0.05) is 22.1 Å². The standard InChI is InChI=1S/C28H26ClFN2O4S/c1-4-5-12-36-27(34)19-7-10-23(11-8-19)32-17(2)13-21(18(32)3)14-25-26(33)31(28(35)37-25)16-20-6-9-22(30)15-24(20)29/h6-11,13-15H,4-5,12,16H2,1-3H3/b25-14-. The molecule has 37 heavy (non-hydrogen) atoms. The topological polar surface area (TPSA) is 68.6 Å². The van der Waals surface area contributed by atoms with Crippen molar-refractivity contribution in [2.75, 3.05) is 6.61 Å². The summed E-state index contributed by atoms with van der Waals surface area (Å²) in [4.78, 5) is 39.2. The van der Waals surface area contributed by atoms with Crippen molar-refractivity contribution < 1.29 is 23.5 Å². The van der Waals surface area contributed by atoms with Crippen molar-refractivity contribution in [3.8, 4) is 5.69 Å². The fourth-order valence-electron chi connectivity index (χ4n) is 4.07. The van der Waals surface area contributed by atoms with Crippen LogP contribution in [0, 0.1) is 19.7 Å². The number of benzene rings is 2. The number of aryl methyl sites for hydroxylation is 1.